The standard InChI is InChI=1S/C17H17N3/c1-10-7-8-11(2)14(9-10)17-19-15-12(3)5-4-6-13(15)16(18)20-17/h4-9H,1-3H3,(H2,18,19,20). The van der Waals surface area contributed by atoms with Crippen LogP contribution in [-0.4, -0.2) is 9.97 Å². The molecule has 0 aliphatic heterocycles. The van der Waals surface area contributed by atoms with Gasteiger partial charge in [0.25, 0.3) is 0 Å². The fourth-order valence-corrected chi connectivity index (χ4v) is 2.42. The first-order chi connectivity index (χ1) is 9.56. The summed E-state index contributed by atoms with van der Waals surface area (Å²) in [4.78, 5) is 9.20. The van der Waals surface area contributed by atoms with E-state index in [0.717, 1.165) is 27.6 Å². The number of hydrogen-bond acceptors (Lipinski definition) is 3. The minimum Gasteiger partial charge on any atom is -0.383 e. The number of nitrogen functional groups attached to an aromatic ring is 1. The van der Waals surface area contributed by atoms with Crippen LogP contribution in [0.2, 0.25) is 0 Å². The molecule has 0 unspecified atom stereocenters. The number of aryl methyl sites for hydroxylation is 3. The summed E-state index contributed by atoms with van der Waals surface area (Å²) in [6, 6.07) is 12.3. The predicted octanol–water partition coefficient (Wildman–Crippen LogP) is 3.80. The topological polar surface area (TPSA) is 51.8 Å². The maximum Gasteiger partial charge on any atom is 0.162 e. The van der Waals surface area contributed by atoms with Crippen LogP contribution in [0.1, 0.15) is 16.7 Å². The Morgan fingerprint density at radius 3 is 2.50 bits per heavy atom. The van der Waals surface area contributed by atoms with Crippen LogP contribution >= 0.6 is 0 Å². The lowest BCUT2D eigenvalue weighted by molar-refractivity contribution is 1.21. The van der Waals surface area contributed by atoms with Crippen molar-refractivity contribution in [1.29, 1.82) is 0 Å². The van der Waals surface area contributed by atoms with Crippen molar-refractivity contribution < 1.29 is 0 Å². The Bertz CT molecular complexity index is 807. The number of rotatable bonds is 1. The second-order valence-corrected chi connectivity index (χ2v) is 5.22. The van der Waals surface area contributed by atoms with Crippen LogP contribution in [0, 0.1) is 20.8 Å². The van der Waals surface area contributed by atoms with E-state index in [-0.39, 0.29) is 0 Å². The summed E-state index contributed by atoms with van der Waals surface area (Å²) < 4.78 is 0. The largest absolute Gasteiger partial charge is 0.383 e. The van der Waals surface area contributed by atoms with Gasteiger partial charge in [-0.2, -0.15) is 0 Å². The van der Waals surface area contributed by atoms with Gasteiger partial charge in [-0.1, -0.05) is 29.8 Å². The molecule has 2 aromatic carbocycles. The van der Waals surface area contributed by atoms with E-state index in [2.05, 4.69) is 37.0 Å². The van der Waals surface area contributed by atoms with E-state index < -0.39 is 0 Å². The maximum absolute atomic E-state index is 6.10. The monoisotopic (exact) mass is 263 g/mol. The zero-order valence-electron chi connectivity index (χ0n) is 11.9. The average Bonchev–Trinajstić information content (AvgIpc) is 2.42. The van der Waals surface area contributed by atoms with Gasteiger partial charge in [-0.15, -0.1) is 0 Å². The van der Waals surface area contributed by atoms with Crippen LogP contribution in [0.25, 0.3) is 22.3 Å². The third-order valence-electron chi connectivity index (χ3n) is 3.59. The van der Waals surface area contributed by atoms with Gasteiger partial charge in [0.2, 0.25) is 0 Å². The van der Waals surface area contributed by atoms with E-state index in [1.54, 1.807) is 0 Å². The van der Waals surface area contributed by atoms with Crippen molar-refractivity contribution in [3.8, 4) is 11.4 Å². The van der Waals surface area contributed by atoms with Crippen LogP contribution < -0.4 is 5.73 Å². The van der Waals surface area contributed by atoms with Crippen molar-refractivity contribution in [1.82, 2.24) is 9.97 Å². The van der Waals surface area contributed by atoms with Crippen molar-refractivity contribution in [2.24, 2.45) is 0 Å². The number of fused-ring (bicyclic) bond motifs is 1. The molecule has 0 aliphatic rings. The molecule has 0 bridgehead atoms. The Hall–Kier alpha value is -2.42. The highest BCUT2D eigenvalue weighted by atomic mass is 14.9. The van der Waals surface area contributed by atoms with Gasteiger partial charge in [-0.3, -0.25) is 0 Å². The number of nitrogens with two attached hydrogens (primary N) is 1. The van der Waals surface area contributed by atoms with Crippen LogP contribution in [0.4, 0.5) is 5.82 Å². The second-order valence-electron chi connectivity index (χ2n) is 5.22. The zero-order valence-corrected chi connectivity index (χ0v) is 11.9. The third kappa shape index (κ3) is 2.01. The number of para-hydroxylation sites is 1. The Balaban J connectivity index is 2.32. The first-order valence-corrected chi connectivity index (χ1v) is 6.67. The predicted molar refractivity (Wildman–Crippen MR) is 83.6 cm³/mol. The van der Waals surface area contributed by atoms with E-state index in [0.29, 0.717) is 11.6 Å². The van der Waals surface area contributed by atoms with Gasteiger partial charge >= 0.3 is 0 Å². The molecule has 0 atom stereocenters. The van der Waals surface area contributed by atoms with Gasteiger partial charge in [0.05, 0.1) is 5.52 Å². The lowest BCUT2D eigenvalue weighted by Gasteiger charge is -2.10. The second kappa shape index (κ2) is 4.60. The maximum atomic E-state index is 6.10. The fraction of sp³-hybridized carbons (Fsp3) is 0.176. The molecule has 0 saturated heterocycles. The molecule has 100 valence electrons. The van der Waals surface area contributed by atoms with E-state index in [1.807, 2.05) is 25.1 Å². The summed E-state index contributed by atoms with van der Waals surface area (Å²) in [6.45, 7) is 6.18. The molecule has 3 rings (SSSR count). The van der Waals surface area contributed by atoms with Gasteiger partial charge in [0.15, 0.2) is 5.82 Å². The third-order valence-corrected chi connectivity index (χ3v) is 3.59. The lowest BCUT2D eigenvalue weighted by Crippen LogP contribution is -2.00. The van der Waals surface area contributed by atoms with Crippen molar-refractivity contribution in [3.63, 3.8) is 0 Å². The van der Waals surface area contributed by atoms with Crippen LogP contribution in [0.5, 0.6) is 0 Å². The Labute approximate surface area is 118 Å². The van der Waals surface area contributed by atoms with Crippen molar-refractivity contribution >= 4 is 16.7 Å². The number of hydrogen-bond donors (Lipinski definition) is 1. The summed E-state index contributed by atoms with van der Waals surface area (Å²) in [5.74, 6) is 1.24. The van der Waals surface area contributed by atoms with Crippen molar-refractivity contribution in [2.45, 2.75) is 20.8 Å². The molecule has 3 nitrogen and oxygen atoms in total. The molecule has 20 heavy (non-hydrogen) atoms. The minimum atomic E-state index is 0.537. The van der Waals surface area contributed by atoms with Gasteiger partial charge in [-0.05, 0) is 44.0 Å². The number of anilines is 1. The first-order valence-electron chi connectivity index (χ1n) is 6.67. The van der Waals surface area contributed by atoms with E-state index >= 15 is 0 Å². The highest BCUT2D eigenvalue weighted by Crippen LogP contribution is 2.27. The molecule has 0 aliphatic carbocycles. The first kappa shape index (κ1) is 12.6. The highest BCUT2D eigenvalue weighted by Gasteiger charge is 2.10. The highest BCUT2D eigenvalue weighted by molar-refractivity contribution is 5.91. The van der Waals surface area contributed by atoms with Gasteiger partial charge in [0, 0.05) is 10.9 Å². The summed E-state index contributed by atoms with van der Waals surface area (Å²) >= 11 is 0. The van der Waals surface area contributed by atoms with Gasteiger partial charge in [-0.25, -0.2) is 9.97 Å². The number of aromatic nitrogens is 2. The lowest BCUT2D eigenvalue weighted by atomic mass is 10.0. The Kier molecular flexibility index (Phi) is 2.90. The molecule has 0 fully saturated rings. The molecule has 0 radical (unpaired) electrons. The van der Waals surface area contributed by atoms with Crippen LogP contribution in [0.3, 0.4) is 0 Å². The molecule has 0 spiro atoms. The molecule has 0 saturated carbocycles. The fourth-order valence-electron chi connectivity index (χ4n) is 2.42. The summed E-state index contributed by atoms with van der Waals surface area (Å²) in [7, 11) is 0. The SMILES string of the molecule is Cc1ccc(C)c(-c2nc(N)c3cccc(C)c3n2)c1. The Morgan fingerprint density at radius 1 is 0.900 bits per heavy atom. The minimum absolute atomic E-state index is 0.537. The molecular formula is C17H17N3. The van der Waals surface area contributed by atoms with E-state index in [1.165, 1.54) is 5.56 Å². The van der Waals surface area contributed by atoms with E-state index in [9.17, 15) is 0 Å². The summed E-state index contributed by atoms with van der Waals surface area (Å²) in [6.07, 6.45) is 0. The molecule has 0 amide bonds. The molecular weight excluding hydrogens is 246 g/mol. The zero-order chi connectivity index (χ0) is 14.3. The quantitative estimate of drug-likeness (QED) is 0.726. The van der Waals surface area contributed by atoms with Crippen molar-refractivity contribution in [2.75, 3.05) is 5.73 Å². The van der Waals surface area contributed by atoms with E-state index in [4.69, 9.17) is 10.7 Å². The summed E-state index contributed by atoms with van der Waals surface area (Å²) in [5, 5.41) is 0.916. The Morgan fingerprint density at radius 2 is 1.70 bits per heavy atom. The molecule has 1 heterocycles. The van der Waals surface area contributed by atoms with Crippen LogP contribution in [0.15, 0.2) is 36.4 Å². The normalized spacial score (nSPS) is 10.9. The number of nitrogens with zero attached hydrogens (tertiary/aromatic N) is 2. The molecule has 3 aromatic rings. The van der Waals surface area contributed by atoms with Crippen molar-refractivity contribution in [3.05, 3.63) is 53.1 Å². The van der Waals surface area contributed by atoms with Crippen LogP contribution in [-0.2, 0) is 0 Å². The molecule has 3 heteroatoms. The molecule has 1 aromatic heterocycles. The smallest absolute Gasteiger partial charge is 0.162 e. The van der Waals surface area contributed by atoms with Gasteiger partial charge in [0.1, 0.15) is 5.82 Å². The number of benzene rings is 2. The van der Waals surface area contributed by atoms with Gasteiger partial charge < -0.3 is 5.73 Å². The molecule has 2 N–H and O–H groups in total. The average molecular weight is 263 g/mol. The summed E-state index contributed by atoms with van der Waals surface area (Å²) in [5.41, 5.74) is 11.5.